The first-order valence-corrected chi connectivity index (χ1v) is 9.39. The van der Waals surface area contributed by atoms with Crippen molar-refractivity contribution < 1.29 is 14.3 Å². The molecule has 0 bridgehead atoms. The van der Waals surface area contributed by atoms with Gasteiger partial charge in [0.25, 0.3) is 0 Å². The summed E-state index contributed by atoms with van der Waals surface area (Å²) in [6.45, 7) is 7.59. The van der Waals surface area contributed by atoms with Crippen molar-refractivity contribution in [2.75, 3.05) is 7.11 Å². The van der Waals surface area contributed by atoms with E-state index in [-0.39, 0.29) is 11.4 Å². The lowest BCUT2D eigenvalue weighted by Crippen LogP contribution is -2.16. The van der Waals surface area contributed by atoms with Crippen LogP contribution in [0.4, 0.5) is 0 Å². The predicted molar refractivity (Wildman–Crippen MR) is 107 cm³/mol. The molecule has 0 aliphatic carbocycles. The van der Waals surface area contributed by atoms with E-state index in [0.717, 1.165) is 27.6 Å². The number of carbonyl (C=O) groups excluding carboxylic acids is 1. The molecule has 0 amide bonds. The van der Waals surface area contributed by atoms with Crippen molar-refractivity contribution in [3.63, 3.8) is 0 Å². The molecule has 0 N–H and O–H groups in total. The van der Waals surface area contributed by atoms with Crippen LogP contribution < -0.4 is 4.74 Å². The van der Waals surface area contributed by atoms with E-state index in [4.69, 9.17) is 9.47 Å². The van der Waals surface area contributed by atoms with Crippen LogP contribution in [-0.4, -0.2) is 28.1 Å². The molecule has 7 heteroatoms. The molecule has 0 unspecified atom stereocenters. The second kappa shape index (κ2) is 7.68. The summed E-state index contributed by atoms with van der Waals surface area (Å²) in [4.78, 5) is 11.7. The molecule has 0 fully saturated rings. The van der Waals surface area contributed by atoms with Gasteiger partial charge in [0, 0.05) is 6.54 Å². The topological polar surface area (TPSA) is 66.2 Å². The molecule has 0 atom stereocenters. The molecular formula is C20H22BrN3O3. The molecule has 0 spiro atoms. The summed E-state index contributed by atoms with van der Waals surface area (Å²) >= 11 is 3.58. The maximum absolute atomic E-state index is 11.7. The number of hydrogen-bond acceptors (Lipinski definition) is 5. The van der Waals surface area contributed by atoms with Crippen LogP contribution in [0.3, 0.4) is 0 Å². The Kier molecular flexibility index (Phi) is 5.51. The van der Waals surface area contributed by atoms with Gasteiger partial charge in [0.2, 0.25) is 0 Å². The standard InChI is InChI=1S/C20H22BrN3O3/c1-20(2,3)12-24-15-8-9-16(17(21)18(15)22-23-24)27-11-13-6-5-7-14(10-13)19(25)26-4/h5-10H,11-12H2,1-4H3. The second-order valence-electron chi connectivity index (χ2n) is 7.53. The molecule has 2 aromatic carbocycles. The fourth-order valence-electron chi connectivity index (χ4n) is 2.73. The van der Waals surface area contributed by atoms with Crippen molar-refractivity contribution in [3.8, 4) is 5.75 Å². The quantitative estimate of drug-likeness (QED) is 0.551. The molecule has 0 radical (unpaired) electrons. The van der Waals surface area contributed by atoms with E-state index in [0.29, 0.717) is 17.9 Å². The van der Waals surface area contributed by atoms with Crippen molar-refractivity contribution in [2.24, 2.45) is 5.41 Å². The van der Waals surface area contributed by atoms with Crippen LogP contribution in [0.1, 0.15) is 36.7 Å². The lowest BCUT2D eigenvalue weighted by Gasteiger charge is -2.18. The highest BCUT2D eigenvalue weighted by atomic mass is 79.9. The van der Waals surface area contributed by atoms with Gasteiger partial charge in [-0.1, -0.05) is 38.1 Å². The normalized spacial score (nSPS) is 11.6. The third kappa shape index (κ3) is 4.47. The minimum absolute atomic E-state index is 0.104. The highest BCUT2D eigenvalue weighted by molar-refractivity contribution is 9.10. The smallest absolute Gasteiger partial charge is 0.337 e. The molecule has 1 heterocycles. The molecule has 0 saturated heterocycles. The van der Waals surface area contributed by atoms with E-state index in [2.05, 4.69) is 47.0 Å². The molecule has 3 aromatic rings. The molecule has 0 aliphatic rings. The predicted octanol–water partition coefficient (Wildman–Crippen LogP) is 4.61. The van der Waals surface area contributed by atoms with Crippen molar-refractivity contribution >= 4 is 32.9 Å². The number of aromatic nitrogens is 3. The summed E-state index contributed by atoms with van der Waals surface area (Å²) in [5, 5.41) is 8.56. The van der Waals surface area contributed by atoms with Crippen LogP contribution in [0.15, 0.2) is 40.9 Å². The van der Waals surface area contributed by atoms with Crippen LogP contribution in [0.25, 0.3) is 11.0 Å². The zero-order chi connectivity index (χ0) is 19.6. The number of ether oxygens (including phenoxy) is 2. The van der Waals surface area contributed by atoms with E-state index < -0.39 is 0 Å². The summed E-state index contributed by atoms with van der Waals surface area (Å²) in [5.74, 6) is 0.309. The van der Waals surface area contributed by atoms with Crippen molar-refractivity contribution in [1.82, 2.24) is 15.0 Å². The minimum Gasteiger partial charge on any atom is -0.488 e. The first-order chi connectivity index (χ1) is 12.8. The average Bonchev–Trinajstić information content (AvgIpc) is 3.02. The van der Waals surface area contributed by atoms with Gasteiger partial charge in [-0.15, -0.1) is 5.10 Å². The Morgan fingerprint density at radius 1 is 1.22 bits per heavy atom. The number of esters is 1. The summed E-state index contributed by atoms with van der Waals surface area (Å²) < 4.78 is 13.4. The minimum atomic E-state index is -0.366. The van der Waals surface area contributed by atoms with E-state index in [9.17, 15) is 4.79 Å². The monoisotopic (exact) mass is 431 g/mol. The zero-order valence-electron chi connectivity index (χ0n) is 15.8. The highest BCUT2D eigenvalue weighted by Gasteiger charge is 2.17. The van der Waals surface area contributed by atoms with Gasteiger partial charge >= 0.3 is 5.97 Å². The van der Waals surface area contributed by atoms with Gasteiger partial charge in [0.15, 0.2) is 0 Å². The van der Waals surface area contributed by atoms with Crippen LogP contribution in [0, 0.1) is 5.41 Å². The van der Waals surface area contributed by atoms with Crippen molar-refractivity contribution in [3.05, 3.63) is 52.0 Å². The second-order valence-corrected chi connectivity index (χ2v) is 8.33. The summed E-state index contributed by atoms with van der Waals surface area (Å²) in [5.41, 5.74) is 3.20. The Hall–Kier alpha value is -2.41. The lowest BCUT2D eigenvalue weighted by molar-refractivity contribution is 0.0600. The van der Waals surface area contributed by atoms with E-state index in [1.54, 1.807) is 18.2 Å². The third-order valence-electron chi connectivity index (χ3n) is 3.96. The molecule has 1 aromatic heterocycles. The Labute approximate surface area is 166 Å². The Bertz CT molecular complexity index is 976. The number of rotatable bonds is 5. The lowest BCUT2D eigenvalue weighted by atomic mass is 9.97. The fourth-order valence-corrected chi connectivity index (χ4v) is 3.26. The maximum atomic E-state index is 11.7. The number of hydrogen-bond donors (Lipinski definition) is 0. The van der Waals surface area contributed by atoms with Crippen LogP contribution in [0.2, 0.25) is 0 Å². The number of benzene rings is 2. The van der Waals surface area contributed by atoms with E-state index in [1.807, 2.05) is 22.9 Å². The molecule has 0 aliphatic heterocycles. The number of fused-ring (bicyclic) bond motifs is 1. The van der Waals surface area contributed by atoms with Crippen LogP contribution >= 0.6 is 15.9 Å². The van der Waals surface area contributed by atoms with Gasteiger partial charge < -0.3 is 9.47 Å². The van der Waals surface area contributed by atoms with Gasteiger partial charge in [-0.05, 0) is 51.2 Å². The molecule has 3 rings (SSSR count). The zero-order valence-corrected chi connectivity index (χ0v) is 17.4. The first kappa shape index (κ1) is 19.4. The third-order valence-corrected chi connectivity index (χ3v) is 4.72. The average molecular weight is 432 g/mol. The molecule has 27 heavy (non-hydrogen) atoms. The summed E-state index contributed by atoms with van der Waals surface area (Å²) in [7, 11) is 1.37. The van der Waals surface area contributed by atoms with Gasteiger partial charge in [0.05, 0.1) is 22.7 Å². The number of methoxy groups -OCH3 is 1. The van der Waals surface area contributed by atoms with Crippen molar-refractivity contribution in [1.29, 1.82) is 0 Å². The van der Waals surface area contributed by atoms with Crippen molar-refractivity contribution in [2.45, 2.75) is 33.9 Å². The Balaban J connectivity index is 1.80. The molecule has 142 valence electrons. The number of nitrogens with zero attached hydrogens (tertiary/aromatic N) is 3. The SMILES string of the molecule is COC(=O)c1cccc(COc2ccc3c(nnn3CC(C)(C)C)c2Br)c1. The van der Waals surface area contributed by atoms with E-state index >= 15 is 0 Å². The first-order valence-electron chi connectivity index (χ1n) is 8.60. The summed E-state index contributed by atoms with van der Waals surface area (Å²) in [6.07, 6.45) is 0. The largest absolute Gasteiger partial charge is 0.488 e. The van der Waals surface area contributed by atoms with Crippen LogP contribution in [-0.2, 0) is 17.9 Å². The number of carbonyl (C=O) groups is 1. The molecular weight excluding hydrogens is 410 g/mol. The molecule has 0 saturated carbocycles. The van der Waals surface area contributed by atoms with Gasteiger partial charge in [-0.2, -0.15) is 0 Å². The molecule has 6 nitrogen and oxygen atoms in total. The van der Waals surface area contributed by atoms with Crippen LogP contribution in [0.5, 0.6) is 5.75 Å². The van der Waals surface area contributed by atoms with Gasteiger partial charge in [0.1, 0.15) is 17.9 Å². The number of halogens is 1. The fraction of sp³-hybridized carbons (Fsp3) is 0.350. The summed E-state index contributed by atoms with van der Waals surface area (Å²) in [6, 6.07) is 11.0. The maximum Gasteiger partial charge on any atom is 0.337 e. The van der Waals surface area contributed by atoms with Gasteiger partial charge in [-0.25, -0.2) is 9.48 Å². The Morgan fingerprint density at radius 3 is 2.70 bits per heavy atom. The Morgan fingerprint density at radius 2 is 2.00 bits per heavy atom. The highest BCUT2D eigenvalue weighted by Crippen LogP contribution is 2.33. The van der Waals surface area contributed by atoms with Gasteiger partial charge in [-0.3, -0.25) is 0 Å². The van der Waals surface area contributed by atoms with E-state index in [1.165, 1.54) is 7.11 Å².